The summed E-state index contributed by atoms with van der Waals surface area (Å²) in [6.45, 7) is 4.87. The van der Waals surface area contributed by atoms with E-state index in [0.717, 1.165) is 11.3 Å². The summed E-state index contributed by atoms with van der Waals surface area (Å²) < 4.78 is 5.31. The first-order chi connectivity index (χ1) is 11.9. The molecule has 0 fully saturated rings. The normalized spacial score (nSPS) is 11.7. The molecule has 0 aliphatic rings. The van der Waals surface area contributed by atoms with Crippen LogP contribution < -0.4 is 5.32 Å². The van der Waals surface area contributed by atoms with Gasteiger partial charge in [-0.2, -0.15) is 0 Å². The Morgan fingerprint density at radius 3 is 2.36 bits per heavy atom. The van der Waals surface area contributed by atoms with Gasteiger partial charge >= 0.3 is 6.03 Å². The number of carbonyl (C=O) groups is 2. The first-order valence-electron chi connectivity index (χ1n) is 8.31. The number of benzene rings is 1. The molecule has 2 rings (SSSR count). The highest BCUT2D eigenvalue weighted by Crippen LogP contribution is 2.14. The predicted molar refractivity (Wildman–Crippen MR) is 96.2 cm³/mol. The predicted octanol–water partition coefficient (Wildman–Crippen LogP) is 3.27. The van der Waals surface area contributed by atoms with Crippen molar-refractivity contribution in [2.75, 3.05) is 20.6 Å². The molecular formula is C19H25N3O3. The van der Waals surface area contributed by atoms with E-state index in [1.807, 2.05) is 32.0 Å². The summed E-state index contributed by atoms with van der Waals surface area (Å²) >= 11 is 0. The van der Waals surface area contributed by atoms with Crippen molar-refractivity contribution in [3.63, 3.8) is 0 Å². The zero-order chi connectivity index (χ0) is 18.4. The number of hydrogen-bond donors (Lipinski definition) is 1. The van der Waals surface area contributed by atoms with Crippen LogP contribution in [0.3, 0.4) is 0 Å². The van der Waals surface area contributed by atoms with Gasteiger partial charge < -0.3 is 19.5 Å². The molecule has 0 bridgehead atoms. The molecule has 0 radical (unpaired) electrons. The van der Waals surface area contributed by atoms with Crippen molar-refractivity contribution < 1.29 is 14.0 Å². The quantitative estimate of drug-likeness (QED) is 0.875. The minimum Gasteiger partial charge on any atom is -0.467 e. The molecule has 6 heteroatoms. The lowest BCUT2D eigenvalue weighted by molar-refractivity contribution is 0.0827. The minimum atomic E-state index is -0.198. The van der Waals surface area contributed by atoms with Crippen LogP contribution in [0.1, 0.15) is 41.6 Å². The molecule has 6 nitrogen and oxygen atoms in total. The molecular weight excluding hydrogens is 318 g/mol. The number of hydrogen-bond acceptors (Lipinski definition) is 3. The van der Waals surface area contributed by atoms with Crippen molar-refractivity contribution in [2.24, 2.45) is 0 Å². The zero-order valence-electron chi connectivity index (χ0n) is 15.2. The molecule has 1 atom stereocenters. The second-order valence-corrected chi connectivity index (χ2v) is 6.10. The molecule has 1 unspecified atom stereocenters. The van der Waals surface area contributed by atoms with Gasteiger partial charge in [0, 0.05) is 32.7 Å². The van der Waals surface area contributed by atoms with E-state index in [9.17, 15) is 9.59 Å². The smallest absolute Gasteiger partial charge is 0.318 e. The number of furan rings is 1. The Morgan fingerprint density at radius 2 is 1.84 bits per heavy atom. The van der Waals surface area contributed by atoms with E-state index in [2.05, 4.69) is 5.32 Å². The molecule has 134 valence electrons. The monoisotopic (exact) mass is 343 g/mol. The van der Waals surface area contributed by atoms with Gasteiger partial charge in [-0.05, 0) is 43.7 Å². The first-order valence-corrected chi connectivity index (χ1v) is 8.31. The number of nitrogens with one attached hydrogen (secondary N) is 1. The second kappa shape index (κ2) is 8.37. The summed E-state index contributed by atoms with van der Waals surface area (Å²) in [5, 5.41) is 2.93. The van der Waals surface area contributed by atoms with Crippen LogP contribution in [0.5, 0.6) is 0 Å². The van der Waals surface area contributed by atoms with Gasteiger partial charge in [0.15, 0.2) is 0 Å². The summed E-state index contributed by atoms with van der Waals surface area (Å²) in [6, 6.07) is 10.6. The number of rotatable bonds is 6. The molecule has 1 aromatic carbocycles. The highest BCUT2D eigenvalue weighted by Gasteiger charge is 2.17. The van der Waals surface area contributed by atoms with Crippen LogP contribution in [0.2, 0.25) is 0 Å². The van der Waals surface area contributed by atoms with Crippen molar-refractivity contribution in [1.82, 2.24) is 15.1 Å². The number of nitrogens with zero attached hydrogens (tertiary/aromatic N) is 2. The van der Waals surface area contributed by atoms with E-state index in [1.165, 1.54) is 4.90 Å². The largest absolute Gasteiger partial charge is 0.467 e. The Balaban J connectivity index is 1.98. The van der Waals surface area contributed by atoms with Crippen molar-refractivity contribution >= 4 is 11.9 Å². The van der Waals surface area contributed by atoms with E-state index in [4.69, 9.17) is 4.42 Å². The summed E-state index contributed by atoms with van der Waals surface area (Å²) in [7, 11) is 3.44. The van der Waals surface area contributed by atoms with Crippen LogP contribution in [0, 0.1) is 0 Å². The number of carbonyl (C=O) groups excluding carboxylic acids is 2. The first kappa shape index (κ1) is 18.6. The molecule has 0 saturated carbocycles. The molecule has 0 aliphatic carbocycles. The van der Waals surface area contributed by atoms with Gasteiger partial charge in [-0.15, -0.1) is 0 Å². The SMILES string of the molecule is CCN(Cc1ccc(C(=O)N(C)C)cc1)C(=O)NC(C)c1ccco1. The van der Waals surface area contributed by atoms with Crippen LogP contribution in [0.25, 0.3) is 0 Å². The third-order valence-electron chi connectivity index (χ3n) is 3.96. The number of amides is 3. The highest BCUT2D eigenvalue weighted by molar-refractivity contribution is 5.93. The van der Waals surface area contributed by atoms with Crippen LogP contribution in [-0.2, 0) is 6.54 Å². The van der Waals surface area contributed by atoms with E-state index in [-0.39, 0.29) is 18.0 Å². The molecule has 0 saturated heterocycles. The Labute approximate surface area is 148 Å². The lowest BCUT2D eigenvalue weighted by Crippen LogP contribution is -2.40. The van der Waals surface area contributed by atoms with E-state index in [1.54, 1.807) is 43.5 Å². The van der Waals surface area contributed by atoms with Crippen LogP contribution in [-0.4, -0.2) is 42.4 Å². The van der Waals surface area contributed by atoms with Gasteiger partial charge in [0.2, 0.25) is 0 Å². The topological polar surface area (TPSA) is 65.8 Å². The Morgan fingerprint density at radius 1 is 1.16 bits per heavy atom. The van der Waals surface area contributed by atoms with Gasteiger partial charge in [-0.3, -0.25) is 4.79 Å². The maximum atomic E-state index is 12.5. The molecule has 0 aliphatic heterocycles. The van der Waals surface area contributed by atoms with E-state index < -0.39 is 0 Å². The van der Waals surface area contributed by atoms with Gasteiger partial charge in [-0.25, -0.2) is 4.79 Å². The molecule has 1 aromatic heterocycles. The van der Waals surface area contributed by atoms with E-state index >= 15 is 0 Å². The summed E-state index contributed by atoms with van der Waals surface area (Å²) in [5.74, 6) is 0.680. The molecule has 25 heavy (non-hydrogen) atoms. The van der Waals surface area contributed by atoms with Crippen LogP contribution >= 0.6 is 0 Å². The Hall–Kier alpha value is -2.76. The van der Waals surface area contributed by atoms with Crippen molar-refractivity contribution in [3.05, 3.63) is 59.5 Å². The molecule has 0 spiro atoms. The minimum absolute atomic E-state index is 0.0380. The average molecular weight is 343 g/mol. The maximum Gasteiger partial charge on any atom is 0.318 e. The van der Waals surface area contributed by atoms with Gasteiger partial charge in [0.25, 0.3) is 5.91 Å². The molecule has 1 N–H and O–H groups in total. The van der Waals surface area contributed by atoms with Crippen molar-refractivity contribution in [1.29, 1.82) is 0 Å². The summed E-state index contributed by atoms with van der Waals surface area (Å²) in [5.41, 5.74) is 1.60. The van der Waals surface area contributed by atoms with Crippen LogP contribution in [0.4, 0.5) is 4.79 Å². The standard InChI is InChI=1S/C19H25N3O3/c1-5-22(19(24)20-14(2)17-7-6-12-25-17)13-15-8-10-16(11-9-15)18(23)21(3)4/h6-12,14H,5,13H2,1-4H3,(H,20,24). The fourth-order valence-corrected chi connectivity index (χ4v) is 2.44. The van der Waals surface area contributed by atoms with Gasteiger partial charge in [0.1, 0.15) is 5.76 Å². The number of urea groups is 1. The summed E-state index contributed by atoms with van der Waals surface area (Å²) in [4.78, 5) is 27.6. The summed E-state index contributed by atoms with van der Waals surface area (Å²) in [6.07, 6.45) is 1.59. The molecule has 3 amide bonds. The Bertz CT molecular complexity index is 693. The van der Waals surface area contributed by atoms with Crippen molar-refractivity contribution in [2.45, 2.75) is 26.4 Å². The third kappa shape index (κ3) is 4.86. The Kier molecular flexibility index (Phi) is 6.22. The maximum absolute atomic E-state index is 12.5. The molecule has 1 heterocycles. The fourth-order valence-electron chi connectivity index (χ4n) is 2.44. The third-order valence-corrected chi connectivity index (χ3v) is 3.96. The van der Waals surface area contributed by atoms with Gasteiger partial charge in [-0.1, -0.05) is 12.1 Å². The lowest BCUT2D eigenvalue weighted by atomic mass is 10.1. The van der Waals surface area contributed by atoms with Crippen molar-refractivity contribution in [3.8, 4) is 0 Å². The lowest BCUT2D eigenvalue weighted by Gasteiger charge is -2.23. The van der Waals surface area contributed by atoms with Gasteiger partial charge in [0.05, 0.1) is 12.3 Å². The second-order valence-electron chi connectivity index (χ2n) is 6.10. The fraction of sp³-hybridized carbons (Fsp3) is 0.368. The highest BCUT2D eigenvalue weighted by atomic mass is 16.3. The van der Waals surface area contributed by atoms with E-state index in [0.29, 0.717) is 18.7 Å². The molecule has 2 aromatic rings. The average Bonchev–Trinajstić information content (AvgIpc) is 3.14. The zero-order valence-corrected chi connectivity index (χ0v) is 15.2. The van der Waals surface area contributed by atoms with Crippen LogP contribution in [0.15, 0.2) is 47.1 Å².